The van der Waals surface area contributed by atoms with Crippen molar-refractivity contribution in [2.75, 3.05) is 19.5 Å². The topological polar surface area (TPSA) is 35.5 Å². The minimum Gasteiger partial charge on any atom is -0.469 e. The van der Waals surface area contributed by atoms with Crippen LogP contribution in [0.15, 0.2) is 0 Å². The van der Waals surface area contributed by atoms with Crippen LogP contribution in [0.5, 0.6) is 0 Å². The lowest BCUT2D eigenvalue weighted by molar-refractivity contribution is -0.140. The largest absolute Gasteiger partial charge is 0.469 e. The molecule has 0 bridgehead atoms. The lowest BCUT2D eigenvalue weighted by Crippen LogP contribution is -2.14. The molecule has 76 valence electrons. The molecule has 0 aromatic heterocycles. The molecular formula is C9H16O3S. The monoisotopic (exact) mass is 204 g/mol. The zero-order valence-electron chi connectivity index (χ0n) is 8.12. The van der Waals surface area contributed by atoms with Crippen LogP contribution in [0.3, 0.4) is 0 Å². The van der Waals surface area contributed by atoms with Gasteiger partial charge in [0.25, 0.3) is 0 Å². The molecule has 13 heavy (non-hydrogen) atoms. The summed E-state index contributed by atoms with van der Waals surface area (Å²) in [5.41, 5.74) is 0. The molecule has 0 saturated carbocycles. The molecular weight excluding hydrogens is 188 g/mol. The highest BCUT2D eigenvalue weighted by Crippen LogP contribution is 2.26. The van der Waals surface area contributed by atoms with Gasteiger partial charge >= 0.3 is 5.97 Å². The van der Waals surface area contributed by atoms with Crippen LogP contribution in [0, 0.1) is 0 Å². The van der Waals surface area contributed by atoms with E-state index in [2.05, 4.69) is 11.7 Å². The van der Waals surface area contributed by atoms with Crippen molar-refractivity contribution in [2.45, 2.75) is 31.1 Å². The average molecular weight is 204 g/mol. The number of esters is 1. The fourth-order valence-electron chi connectivity index (χ4n) is 1.33. The average Bonchev–Trinajstić information content (AvgIpc) is 2.52. The zero-order valence-corrected chi connectivity index (χ0v) is 8.93. The first-order valence-electron chi connectivity index (χ1n) is 4.54. The van der Waals surface area contributed by atoms with Crippen molar-refractivity contribution < 1.29 is 14.3 Å². The van der Waals surface area contributed by atoms with Crippen molar-refractivity contribution in [1.29, 1.82) is 0 Å². The van der Waals surface area contributed by atoms with Crippen LogP contribution in [-0.4, -0.2) is 36.8 Å². The normalized spacial score (nSPS) is 27.5. The van der Waals surface area contributed by atoms with E-state index in [1.807, 2.05) is 11.8 Å². The molecule has 1 saturated heterocycles. The SMILES string of the molecule is COC(=O)CCSC1CCOC1C. The second kappa shape index (κ2) is 5.50. The number of carbonyl (C=O) groups is 1. The number of hydrogen-bond acceptors (Lipinski definition) is 4. The predicted molar refractivity (Wildman–Crippen MR) is 52.9 cm³/mol. The van der Waals surface area contributed by atoms with Gasteiger partial charge in [0.05, 0.1) is 19.6 Å². The molecule has 0 amide bonds. The van der Waals surface area contributed by atoms with E-state index in [1.54, 1.807) is 0 Å². The second-order valence-electron chi connectivity index (χ2n) is 3.10. The van der Waals surface area contributed by atoms with Gasteiger partial charge in [-0.3, -0.25) is 4.79 Å². The van der Waals surface area contributed by atoms with E-state index < -0.39 is 0 Å². The Kier molecular flexibility index (Phi) is 4.59. The summed E-state index contributed by atoms with van der Waals surface area (Å²) in [5, 5.41) is 0.560. The molecule has 0 spiro atoms. The van der Waals surface area contributed by atoms with Gasteiger partial charge in [0, 0.05) is 17.6 Å². The van der Waals surface area contributed by atoms with Crippen LogP contribution < -0.4 is 0 Å². The zero-order chi connectivity index (χ0) is 9.68. The lowest BCUT2D eigenvalue weighted by atomic mass is 10.3. The molecule has 1 fully saturated rings. The summed E-state index contributed by atoms with van der Waals surface area (Å²) in [6.07, 6.45) is 1.94. The maximum Gasteiger partial charge on any atom is 0.306 e. The first-order chi connectivity index (χ1) is 6.24. The molecule has 1 aliphatic heterocycles. The Morgan fingerprint density at radius 2 is 2.46 bits per heavy atom. The Morgan fingerprint density at radius 1 is 1.69 bits per heavy atom. The highest BCUT2D eigenvalue weighted by atomic mass is 32.2. The Balaban J connectivity index is 2.08. The van der Waals surface area contributed by atoms with Gasteiger partial charge in [-0.15, -0.1) is 0 Å². The van der Waals surface area contributed by atoms with Gasteiger partial charge < -0.3 is 9.47 Å². The summed E-state index contributed by atoms with van der Waals surface area (Å²) in [4.78, 5) is 10.8. The minimum atomic E-state index is -0.126. The summed E-state index contributed by atoms with van der Waals surface area (Å²) in [6, 6.07) is 0. The van der Waals surface area contributed by atoms with E-state index in [4.69, 9.17) is 4.74 Å². The van der Waals surface area contributed by atoms with Gasteiger partial charge in [0.1, 0.15) is 0 Å². The molecule has 2 unspecified atom stereocenters. The quantitative estimate of drug-likeness (QED) is 0.649. The van der Waals surface area contributed by atoms with Gasteiger partial charge in [-0.1, -0.05) is 0 Å². The standard InChI is InChI=1S/C9H16O3S/c1-7-8(3-5-12-7)13-6-4-9(10)11-2/h7-8H,3-6H2,1-2H3. The molecule has 2 atom stereocenters. The van der Waals surface area contributed by atoms with Crippen molar-refractivity contribution in [3.8, 4) is 0 Å². The molecule has 0 aliphatic carbocycles. The van der Waals surface area contributed by atoms with Crippen LogP contribution in [0.2, 0.25) is 0 Å². The molecule has 0 radical (unpaired) electrons. The number of ether oxygens (including phenoxy) is 2. The van der Waals surface area contributed by atoms with Crippen molar-refractivity contribution in [3.05, 3.63) is 0 Å². The molecule has 0 N–H and O–H groups in total. The number of thioether (sulfide) groups is 1. The molecule has 1 heterocycles. The Hall–Kier alpha value is -0.220. The first-order valence-corrected chi connectivity index (χ1v) is 5.59. The van der Waals surface area contributed by atoms with Gasteiger partial charge in [0.2, 0.25) is 0 Å². The van der Waals surface area contributed by atoms with E-state index >= 15 is 0 Å². The third-order valence-corrected chi connectivity index (χ3v) is 3.66. The highest BCUT2D eigenvalue weighted by molar-refractivity contribution is 7.99. The predicted octanol–water partition coefficient (Wildman–Crippen LogP) is 1.46. The van der Waals surface area contributed by atoms with Crippen LogP contribution in [0.4, 0.5) is 0 Å². The van der Waals surface area contributed by atoms with E-state index in [0.717, 1.165) is 18.8 Å². The Bertz CT molecular complexity index is 172. The molecule has 0 aromatic rings. The van der Waals surface area contributed by atoms with Gasteiger partial charge in [-0.05, 0) is 13.3 Å². The summed E-state index contributed by atoms with van der Waals surface area (Å²) in [7, 11) is 1.42. The Morgan fingerprint density at radius 3 is 3.00 bits per heavy atom. The summed E-state index contributed by atoms with van der Waals surface area (Å²) in [5.74, 6) is 0.712. The number of rotatable bonds is 4. The van der Waals surface area contributed by atoms with Crippen LogP contribution in [0.1, 0.15) is 19.8 Å². The number of hydrogen-bond donors (Lipinski definition) is 0. The number of carbonyl (C=O) groups excluding carboxylic acids is 1. The van der Waals surface area contributed by atoms with E-state index in [-0.39, 0.29) is 5.97 Å². The van der Waals surface area contributed by atoms with Crippen molar-refractivity contribution in [3.63, 3.8) is 0 Å². The van der Waals surface area contributed by atoms with Gasteiger partial charge in [-0.25, -0.2) is 0 Å². The fraction of sp³-hybridized carbons (Fsp3) is 0.889. The molecule has 0 aromatic carbocycles. The van der Waals surface area contributed by atoms with Crippen molar-refractivity contribution in [2.24, 2.45) is 0 Å². The van der Waals surface area contributed by atoms with Gasteiger partial charge in [-0.2, -0.15) is 11.8 Å². The summed E-state index contributed by atoms with van der Waals surface area (Å²) >= 11 is 1.81. The lowest BCUT2D eigenvalue weighted by Gasteiger charge is -2.12. The smallest absolute Gasteiger partial charge is 0.306 e. The third-order valence-electron chi connectivity index (χ3n) is 2.17. The van der Waals surface area contributed by atoms with E-state index in [1.165, 1.54) is 7.11 Å². The first kappa shape index (κ1) is 10.9. The maximum absolute atomic E-state index is 10.8. The minimum absolute atomic E-state index is 0.126. The van der Waals surface area contributed by atoms with Crippen molar-refractivity contribution in [1.82, 2.24) is 0 Å². The second-order valence-corrected chi connectivity index (χ2v) is 4.45. The number of methoxy groups -OCH3 is 1. The summed E-state index contributed by atoms with van der Waals surface area (Å²) < 4.78 is 9.97. The van der Waals surface area contributed by atoms with Crippen LogP contribution in [0.25, 0.3) is 0 Å². The van der Waals surface area contributed by atoms with E-state index in [9.17, 15) is 4.79 Å². The third kappa shape index (κ3) is 3.56. The van der Waals surface area contributed by atoms with Gasteiger partial charge in [0.15, 0.2) is 0 Å². The molecule has 3 nitrogen and oxygen atoms in total. The fourth-order valence-corrected chi connectivity index (χ4v) is 2.53. The van der Waals surface area contributed by atoms with E-state index in [0.29, 0.717) is 17.8 Å². The molecule has 1 rings (SSSR count). The molecule has 4 heteroatoms. The maximum atomic E-state index is 10.8. The molecule has 1 aliphatic rings. The Labute approximate surface area is 83.2 Å². The highest BCUT2D eigenvalue weighted by Gasteiger charge is 2.24. The van der Waals surface area contributed by atoms with Crippen molar-refractivity contribution >= 4 is 17.7 Å². The summed E-state index contributed by atoms with van der Waals surface area (Å²) in [6.45, 7) is 2.94. The van der Waals surface area contributed by atoms with Crippen LogP contribution in [-0.2, 0) is 14.3 Å². The van der Waals surface area contributed by atoms with Crippen LogP contribution >= 0.6 is 11.8 Å².